The quantitative estimate of drug-likeness (QED) is 0.368. The molecule has 0 aromatic carbocycles. The molecular formula is C25H30N8O. The zero-order valence-corrected chi connectivity index (χ0v) is 19.2. The predicted octanol–water partition coefficient (Wildman–Crippen LogP) is 5.02. The lowest BCUT2D eigenvalue weighted by atomic mass is 9.92. The molecule has 0 saturated heterocycles. The Morgan fingerprint density at radius 1 is 0.971 bits per heavy atom. The molecule has 0 spiro atoms. The molecule has 2 saturated carbocycles. The Morgan fingerprint density at radius 3 is 2.56 bits per heavy atom. The topological polar surface area (TPSA) is 120 Å². The lowest BCUT2D eigenvalue weighted by Gasteiger charge is -2.27. The van der Waals surface area contributed by atoms with Crippen molar-refractivity contribution >= 4 is 28.6 Å². The number of aromatic nitrogens is 5. The van der Waals surface area contributed by atoms with Crippen LogP contribution in [0.5, 0.6) is 0 Å². The van der Waals surface area contributed by atoms with Gasteiger partial charge in [0.1, 0.15) is 0 Å². The Bertz CT molecular complexity index is 1240. The Kier molecular flexibility index (Phi) is 5.62. The molecule has 9 nitrogen and oxygen atoms in total. The van der Waals surface area contributed by atoms with Crippen LogP contribution < -0.4 is 16.4 Å². The molecule has 176 valence electrons. The molecule has 4 heterocycles. The van der Waals surface area contributed by atoms with Crippen LogP contribution in [0.1, 0.15) is 57.4 Å². The molecular weight excluding hydrogens is 428 g/mol. The third-order valence-electron chi connectivity index (χ3n) is 7.09. The average molecular weight is 459 g/mol. The molecule has 9 heteroatoms. The minimum absolute atomic E-state index is 0.306. The van der Waals surface area contributed by atoms with Crippen molar-refractivity contribution in [3.8, 4) is 11.3 Å². The lowest BCUT2D eigenvalue weighted by molar-refractivity contribution is 0.410. The van der Waals surface area contributed by atoms with Gasteiger partial charge in [0, 0.05) is 23.7 Å². The maximum absolute atomic E-state index is 6.10. The number of hydrogen-bond donors (Lipinski definition) is 3. The van der Waals surface area contributed by atoms with Gasteiger partial charge in [0.25, 0.3) is 0 Å². The van der Waals surface area contributed by atoms with Crippen LogP contribution in [0, 0.1) is 0 Å². The first-order chi connectivity index (χ1) is 16.7. The van der Waals surface area contributed by atoms with Crippen molar-refractivity contribution < 1.29 is 4.42 Å². The van der Waals surface area contributed by atoms with Crippen LogP contribution in [0.2, 0.25) is 0 Å². The summed E-state index contributed by atoms with van der Waals surface area (Å²) in [5, 5.41) is 7.01. The van der Waals surface area contributed by atoms with E-state index in [2.05, 4.69) is 20.2 Å². The van der Waals surface area contributed by atoms with Gasteiger partial charge in [-0.2, -0.15) is 9.97 Å². The van der Waals surface area contributed by atoms with Crippen molar-refractivity contribution in [1.82, 2.24) is 24.5 Å². The highest BCUT2D eigenvalue weighted by Gasteiger charge is 2.24. The highest BCUT2D eigenvalue weighted by atomic mass is 16.3. The van der Waals surface area contributed by atoms with Gasteiger partial charge in [0.15, 0.2) is 17.0 Å². The molecule has 0 radical (unpaired) electrons. The largest absolute Gasteiger partial charge is 0.472 e. The van der Waals surface area contributed by atoms with Gasteiger partial charge in [-0.25, -0.2) is 4.98 Å². The molecule has 0 bridgehead atoms. The zero-order chi connectivity index (χ0) is 22.9. The Hall–Kier alpha value is -3.46. The molecule has 2 aliphatic carbocycles. The molecule has 6 rings (SSSR count). The second-order valence-electron chi connectivity index (χ2n) is 9.48. The molecule has 2 aliphatic rings. The highest BCUT2D eigenvalue weighted by Crippen LogP contribution is 2.34. The summed E-state index contributed by atoms with van der Waals surface area (Å²) in [6.45, 7) is 0. The molecule has 0 atom stereocenters. The van der Waals surface area contributed by atoms with Gasteiger partial charge in [0.2, 0.25) is 5.95 Å². The first-order valence-corrected chi connectivity index (χ1v) is 12.3. The molecule has 4 aromatic heterocycles. The van der Waals surface area contributed by atoms with E-state index in [1.807, 2.05) is 24.5 Å². The van der Waals surface area contributed by atoms with E-state index in [0.717, 1.165) is 53.8 Å². The summed E-state index contributed by atoms with van der Waals surface area (Å²) >= 11 is 0. The van der Waals surface area contributed by atoms with E-state index in [-0.39, 0.29) is 0 Å². The molecule has 0 amide bonds. The minimum Gasteiger partial charge on any atom is -0.472 e. The zero-order valence-electron chi connectivity index (χ0n) is 19.2. The van der Waals surface area contributed by atoms with Crippen LogP contribution in [-0.2, 0) is 0 Å². The van der Waals surface area contributed by atoms with E-state index in [0.29, 0.717) is 29.9 Å². The maximum Gasteiger partial charge on any atom is 0.227 e. The van der Waals surface area contributed by atoms with E-state index in [1.54, 1.807) is 18.7 Å². The molecule has 0 unspecified atom stereocenters. The van der Waals surface area contributed by atoms with Crippen molar-refractivity contribution in [2.75, 3.05) is 10.6 Å². The van der Waals surface area contributed by atoms with Gasteiger partial charge >= 0.3 is 0 Å². The number of rotatable bonds is 6. The summed E-state index contributed by atoms with van der Waals surface area (Å²) in [6, 6.07) is 6.95. The number of nitrogens with zero attached hydrogens (tertiary/aromatic N) is 5. The fourth-order valence-electron chi connectivity index (χ4n) is 5.15. The number of anilines is 3. The van der Waals surface area contributed by atoms with Gasteiger partial charge in [-0.05, 0) is 56.7 Å². The third kappa shape index (κ3) is 4.23. The predicted molar refractivity (Wildman–Crippen MR) is 132 cm³/mol. The first kappa shape index (κ1) is 21.1. The Balaban J connectivity index is 1.32. The van der Waals surface area contributed by atoms with E-state index in [9.17, 15) is 0 Å². The van der Waals surface area contributed by atoms with Gasteiger partial charge < -0.3 is 25.4 Å². The SMILES string of the molecule is NC1CCC(Nc2nc(Nc3ccc(-c4ccoc4)nc3)c3ncn(C4CCCC4)c3n2)CC1. The third-order valence-corrected chi connectivity index (χ3v) is 7.09. The highest BCUT2D eigenvalue weighted by molar-refractivity contribution is 5.86. The summed E-state index contributed by atoms with van der Waals surface area (Å²) < 4.78 is 7.41. The average Bonchev–Trinajstić information content (AvgIpc) is 3.63. The summed E-state index contributed by atoms with van der Waals surface area (Å²) in [6.07, 6.45) is 16.0. The Labute approximate surface area is 198 Å². The van der Waals surface area contributed by atoms with Crippen LogP contribution in [0.25, 0.3) is 22.4 Å². The summed E-state index contributed by atoms with van der Waals surface area (Å²) in [5.74, 6) is 1.33. The fraction of sp³-hybridized carbons (Fsp3) is 0.440. The number of nitrogens with two attached hydrogens (primary N) is 1. The monoisotopic (exact) mass is 458 g/mol. The summed E-state index contributed by atoms with van der Waals surface area (Å²) in [4.78, 5) is 19.0. The minimum atomic E-state index is 0.306. The van der Waals surface area contributed by atoms with E-state index in [1.165, 1.54) is 25.7 Å². The van der Waals surface area contributed by atoms with Crippen molar-refractivity contribution in [2.45, 2.75) is 69.5 Å². The molecule has 4 N–H and O–H groups in total. The number of furan rings is 1. The van der Waals surface area contributed by atoms with Crippen molar-refractivity contribution in [1.29, 1.82) is 0 Å². The van der Waals surface area contributed by atoms with E-state index in [4.69, 9.17) is 25.1 Å². The molecule has 4 aromatic rings. The number of fused-ring (bicyclic) bond motifs is 1. The lowest BCUT2D eigenvalue weighted by Crippen LogP contribution is -2.33. The number of nitrogens with one attached hydrogen (secondary N) is 2. The van der Waals surface area contributed by atoms with Crippen LogP contribution >= 0.6 is 0 Å². The maximum atomic E-state index is 6.10. The second kappa shape index (κ2) is 9.06. The van der Waals surface area contributed by atoms with Crippen molar-refractivity contribution in [3.63, 3.8) is 0 Å². The van der Waals surface area contributed by atoms with Crippen molar-refractivity contribution in [3.05, 3.63) is 43.2 Å². The van der Waals surface area contributed by atoms with E-state index < -0.39 is 0 Å². The normalized spacial score (nSPS) is 21.2. The summed E-state index contributed by atoms with van der Waals surface area (Å²) in [5.41, 5.74) is 10.4. The van der Waals surface area contributed by atoms with Gasteiger partial charge in [-0.1, -0.05) is 12.8 Å². The molecule has 2 fully saturated rings. The van der Waals surface area contributed by atoms with Crippen LogP contribution in [0.15, 0.2) is 47.7 Å². The fourth-order valence-corrected chi connectivity index (χ4v) is 5.15. The Morgan fingerprint density at radius 2 is 1.82 bits per heavy atom. The second-order valence-corrected chi connectivity index (χ2v) is 9.48. The number of imidazole rings is 1. The van der Waals surface area contributed by atoms with Crippen LogP contribution in [-0.4, -0.2) is 36.6 Å². The standard InChI is InChI=1S/C25H30N8O/c26-17-5-7-18(8-6-17)30-25-31-23(22-24(32-25)33(15-28-22)20-3-1-2-4-20)29-19-9-10-21(27-13-19)16-11-12-34-14-16/h9-15,17-18,20H,1-8,26H2,(H2,29,30,31,32). The smallest absolute Gasteiger partial charge is 0.227 e. The number of pyridine rings is 1. The van der Waals surface area contributed by atoms with Gasteiger partial charge in [0.05, 0.1) is 36.4 Å². The van der Waals surface area contributed by atoms with Crippen LogP contribution in [0.3, 0.4) is 0 Å². The molecule has 0 aliphatic heterocycles. The first-order valence-electron chi connectivity index (χ1n) is 12.3. The van der Waals surface area contributed by atoms with Crippen molar-refractivity contribution in [2.24, 2.45) is 5.73 Å². The van der Waals surface area contributed by atoms with Gasteiger partial charge in [-0.3, -0.25) is 4.98 Å². The van der Waals surface area contributed by atoms with E-state index >= 15 is 0 Å². The number of hydrogen-bond acceptors (Lipinski definition) is 8. The molecule has 34 heavy (non-hydrogen) atoms. The van der Waals surface area contributed by atoms with Gasteiger partial charge in [-0.15, -0.1) is 0 Å². The summed E-state index contributed by atoms with van der Waals surface area (Å²) in [7, 11) is 0. The van der Waals surface area contributed by atoms with Crippen LogP contribution in [0.4, 0.5) is 17.5 Å².